The van der Waals surface area contributed by atoms with Crippen molar-refractivity contribution in [1.29, 1.82) is 0 Å². The zero-order valence-electron chi connectivity index (χ0n) is 14.8. The van der Waals surface area contributed by atoms with Gasteiger partial charge in [0.05, 0.1) is 5.56 Å². The van der Waals surface area contributed by atoms with Gasteiger partial charge in [-0.25, -0.2) is 9.97 Å². The van der Waals surface area contributed by atoms with Crippen molar-refractivity contribution in [1.82, 2.24) is 15.3 Å². The van der Waals surface area contributed by atoms with Gasteiger partial charge in [-0.05, 0) is 35.4 Å². The first-order valence-electron chi connectivity index (χ1n) is 8.64. The summed E-state index contributed by atoms with van der Waals surface area (Å²) in [6.07, 6.45) is 2.98. The molecular formula is C20H17ClN4O3. The lowest BCUT2D eigenvalue weighted by Gasteiger charge is -2.07. The van der Waals surface area contributed by atoms with Gasteiger partial charge < -0.3 is 20.1 Å². The van der Waals surface area contributed by atoms with Gasteiger partial charge in [-0.2, -0.15) is 0 Å². The number of benzene rings is 2. The van der Waals surface area contributed by atoms with Crippen molar-refractivity contribution in [2.24, 2.45) is 0 Å². The number of nitrogens with zero attached hydrogens (tertiary/aromatic N) is 2. The second-order valence-electron chi connectivity index (χ2n) is 6.15. The van der Waals surface area contributed by atoms with Crippen molar-refractivity contribution in [2.45, 2.75) is 13.1 Å². The lowest BCUT2D eigenvalue weighted by Crippen LogP contribution is -2.23. The van der Waals surface area contributed by atoms with Gasteiger partial charge in [0.1, 0.15) is 0 Å². The molecule has 1 aliphatic rings. The number of fused-ring (bicyclic) bond motifs is 1. The molecule has 1 aliphatic heterocycles. The topological polar surface area (TPSA) is 85.4 Å². The average Bonchev–Trinajstić information content (AvgIpc) is 3.20. The summed E-state index contributed by atoms with van der Waals surface area (Å²) in [7, 11) is 0. The summed E-state index contributed by atoms with van der Waals surface area (Å²) in [5.74, 6) is 1.60. The third kappa shape index (κ3) is 4.32. The average molecular weight is 397 g/mol. The maximum atomic E-state index is 12.3. The fraction of sp³-hybridized carbons (Fsp3) is 0.150. The van der Waals surface area contributed by atoms with Gasteiger partial charge in [-0.1, -0.05) is 29.8 Å². The summed E-state index contributed by atoms with van der Waals surface area (Å²) in [5.41, 5.74) is 2.36. The third-order valence-electron chi connectivity index (χ3n) is 4.17. The Morgan fingerprint density at radius 3 is 2.46 bits per heavy atom. The zero-order chi connectivity index (χ0) is 19.3. The molecule has 0 saturated carbocycles. The standard InChI is InChI=1S/C20H17ClN4O3/c21-16-4-1-13(2-5-16)8-23-20-24-10-15(11-25-20)19(26)22-9-14-3-6-17-18(7-14)28-12-27-17/h1-7,10-11H,8-9,12H2,(H,22,26)(H,23,24,25). The van der Waals surface area contributed by atoms with Crippen LogP contribution in [0.4, 0.5) is 5.95 Å². The van der Waals surface area contributed by atoms with Crippen LogP contribution in [0.25, 0.3) is 0 Å². The molecule has 0 radical (unpaired) electrons. The summed E-state index contributed by atoms with van der Waals surface area (Å²) in [6.45, 7) is 1.15. The van der Waals surface area contributed by atoms with E-state index in [1.807, 2.05) is 42.5 Å². The minimum absolute atomic E-state index is 0.223. The molecule has 2 aromatic carbocycles. The van der Waals surface area contributed by atoms with Gasteiger partial charge >= 0.3 is 0 Å². The lowest BCUT2D eigenvalue weighted by atomic mass is 10.2. The Morgan fingerprint density at radius 2 is 1.68 bits per heavy atom. The molecule has 4 rings (SSSR count). The van der Waals surface area contributed by atoms with Crippen LogP contribution >= 0.6 is 11.6 Å². The smallest absolute Gasteiger partial charge is 0.254 e. The third-order valence-corrected chi connectivity index (χ3v) is 4.42. The molecule has 0 fully saturated rings. The van der Waals surface area contributed by atoms with E-state index in [1.54, 1.807) is 0 Å². The van der Waals surface area contributed by atoms with Crippen LogP contribution in [0, 0.1) is 0 Å². The number of hydrogen-bond donors (Lipinski definition) is 2. The highest BCUT2D eigenvalue weighted by atomic mass is 35.5. The number of anilines is 1. The molecule has 2 heterocycles. The number of amides is 1. The van der Waals surface area contributed by atoms with Crippen molar-refractivity contribution < 1.29 is 14.3 Å². The second kappa shape index (κ2) is 8.14. The molecule has 28 heavy (non-hydrogen) atoms. The van der Waals surface area contributed by atoms with E-state index >= 15 is 0 Å². The normalized spacial score (nSPS) is 11.9. The van der Waals surface area contributed by atoms with E-state index in [2.05, 4.69) is 20.6 Å². The number of ether oxygens (including phenoxy) is 2. The van der Waals surface area contributed by atoms with Gasteiger partial charge in [0.2, 0.25) is 12.7 Å². The molecule has 142 valence electrons. The van der Waals surface area contributed by atoms with Crippen LogP contribution in [-0.2, 0) is 13.1 Å². The van der Waals surface area contributed by atoms with E-state index in [0.717, 1.165) is 11.1 Å². The SMILES string of the molecule is O=C(NCc1ccc2c(c1)OCO2)c1cnc(NCc2ccc(Cl)cc2)nc1. The maximum Gasteiger partial charge on any atom is 0.254 e. The quantitative estimate of drug-likeness (QED) is 0.664. The van der Waals surface area contributed by atoms with Gasteiger partial charge in [0.15, 0.2) is 11.5 Å². The Balaban J connectivity index is 1.30. The largest absolute Gasteiger partial charge is 0.454 e. The van der Waals surface area contributed by atoms with Crippen LogP contribution in [0.2, 0.25) is 5.02 Å². The van der Waals surface area contributed by atoms with Gasteiger partial charge in [0, 0.05) is 30.5 Å². The van der Waals surface area contributed by atoms with Crippen LogP contribution in [-0.4, -0.2) is 22.7 Å². The fourth-order valence-electron chi connectivity index (χ4n) is 2.66. The maximum absolute atomic E-state index is 12.3. The Kier molecular flexibility index (Phi) is 5.25. The van der Waals surface area contributed by atoms with Crippen molar-refractivity contribution in [3.05, 3.63) is 76.6 Å². The molecule has 2 N–H and O–H groups in total. The number of carbonyl (C=O) groups is 1. The van der Waals surface area contributed by atoms with E-state index in [-0.39, 0.29) is 12.7 Å². The van der Waals surface area contributed by atoms with E-state index in [0.29, 0.717) is 41.1 Å². The van der Waals surface area contributed by atoms with Crippen LogP contribution in [0.3, 0.4) is 0 Å². The summed E-state index contributed by atoms with van der Waals surface area (Å²) in [5, 5.41) is 6.64. The Bertz CT molecular complexity index is 978. The van der Waals surface area contributed by atoms with E-state index in [4.69, 9.17) is 21.1 Å². The Hall–Kier alpha value is -3.32. The molecule has 1 aromatic heterocycles. The van der Waals surface area contributed by atoms with Crippen molar-refractivity contribution in [2.75, 3.05) is 12.1 Å². The molecule has 0 aliphatic carbocycles. The molecular weight excluding hydrogens is 380 g/mol. The predicted molar refractivity (Wildman–Crippen MR) is 105 cm³/mol. The number of rotatable bonds is 6. The molecule has 0 saturated heterocycles. The molecule has 8 heteroatoms. The monoisotopic (exact) mass is 396 g/mol. The number of carbonyl (C=O) groups excluding carboxylic acids is 1. The molecule has 7 nitrogen and oxygen atoms in total. The van der Waals surface area contributed by atoms with E-state index < -0.39 is 0 Å². The van der Waals surface area contributed by atoms with Crippen LogP contribution in [0.5, 0.6) is 11.5 Å². The minimum atomic E-state index is -0.248. The van der Waals surface area contributed by atoms with Crippen molar-refractivity contribution >= 4 is 23.5 Å². The lowest BCUT2D eigenvalue weighted by molar-refractivity contribution is 0.0950. The number of nitrogens with one attached hydrogen (secondary N) is 2. The highest BCUT2D eigenvalue weighted by Gasteiger charge is 2.14. The molecule has 0 atom stereocenters. The van der Waals surface area contributed by atoms with Gasteiger partial charge in [-0.3, -0.25) is 4.79 Å². The van der Waals surface area contributed by atoms with E-state index in [1.165, 1.54) is 12.4 Å². The van der Waals surface area contributed by atoms with Crippen LogP contribution < -0.4 is 20.1 Å². The number of hydrogen-bond acceptors (Lipinski definition) is 6. The zero-order valence-corrected chi connectivity index (χ0v) is 15.6. The fourth-order valence-corrected chi connectivity index (χ4v) is 2.78. The van der Waals surface area contributed by atoms with Crippen LogP contribution in [0.15, 0.2) is 54.9 Å². The minimum Gasteiger partial charge on any atom is -0.454 e. The second-order valence-corrected chi connectivity index (χ2v) is 6.58. The molecule has 0 spiro atoms. The molecule has 1 amide bonds. The van der Waals surface area contributed by atoms with Crippen molar-refractivity contribution in [3.63, 3.8) is 0 Å². The molecule has 0 unspecified atom stereocenters. The summed E-state index contributed by atoms with van der Waals surface area (Å²) in [4.78, 5) is 20.7. The number of aromatic nitrogens is 2. The molecule has 0 bridgehead atoms. The summed E-state index contributed by atoms with van der Waals surface area (Å²) < 4.78 is 10.6. The first kappa shape index (κ1) is 18.1. The van der Waals surface area contributed by atoms with Gasteiger partial charge in [0.25, 0.3) is 5.91 Å². The predicted octanol–water partition coefficient (Wildman–Crippen LogP) is 3.40. The Labute approximate surface area is 166 Å². The van der Waals surface area contributed by atoms with Crippen molar-refractivity contribution in [3.8, 4) is 11.5 Å². The van der Waals surface area contributed by atoms with Crippen LogP contribution in [0.1, 0.15) is 21.5 Å². The first-order chi connectivity index (χ1) is 13.7. The van der Waals surface area contributed by atoms with Gasteiger partial charge in [-0.15, -0.1) is 0 Å². The summed E-state index contributed by atoms with van der Waals surface area (Å²) in [6, 6.07) is 13.1. The Morgan fingerprint density at radius 1 is 0.964 bits per heavy atom. The highest BCUT2D eigenvalue weighted by molar-refractivity contribution is 6.30. The number of halogens is 1. The first-order valence-corrected chi connectivity index (χ1v) is 9.02. The summed E-state index contributed by atoms with van der Waals surface area (Å²) >= 11 is 5.87. The molecule has 3 aromatic rings. The highest BCUT2D eigenvalue weighted by Crippen LogP contribution is 2.32. The van der Waals surface area contributed by atoms with E-state index in [9.17, 15) is 4.79 Å².